The minimum Gasteiger partial charge on any atom is -0.493 e. The van der Waals surface area contributed by atoms with Crippen LogP contribution in [-0.4, -0.2) is 24.0 Å². The zero-order valence-corrected chi connectivity index (χ0v) is 14.7. The lowest BCUT2D eigenvalue weighted by atomic mass is 10.1. The maximum absolute atomic E-state index is 12.2. The largest absolute Gasteiger partial charge is 0.493 e. The standard InChI is InChI=1S/C21H22N2O3/c1-15-6-5-7-16-14-17(21(25)23-20(15)16)10-12-22-19(24)11-13-26-18-8-3-2-4-9-18/h2-9,14H,10-13H2,1H3,(H,22,24)(H,23,25). The molecule has 5 nitrogen and oxygen atoms in total. The Morgan fingerprint density at radius 2 is 1.92 bits per heavy atom. The SMILES string of the molecule is Cc1cccc2cc(CCNC(=O)CCOc3ccccc3)c(=O)[nH]c12. The number of carbonyl (C=O) groups is 1. The number of para-hydroxylation sites is 2. The first-order chi connectivity index (χ1) is 12.6. The number of fused-ring (bicyclic) bond motifs is 1. The van der Waals surface area contributed by atoms with Crippen LogP contribution in [-0.2, 0) is 11.2 Å². The smallest absolute Gasteiger partial charge is 0.251 e. The summed E-state index contributed by atoms with van der Waals surface area (Å²) < 4.78 is 5.50. The van der Waals surface area contributed by atoms with Crippen LogP contribution in [0.2, 0.25) is 0 Å². The van der Waals surface area contributed by atoms with E-state index in [1.807, 2.05) is 61.5 Å². The Bertz CT molecular complexity index is 948. The number of carbonyl (C=O) groups excluding carboxylic acids is 1. The maximum atomic E-state index is 12.2. The number of aryl methyl sites for hydroxylation is 1. The molecule has 0 radical (unpaired) electrons. The van der Waals surface area contributed by atoms with Crippen molar-refractivity contribution in [3.8, 4) is 5.75 Å². The summed E-state index contributed by atoms with van der Waals surface area (Å²) in [5.41, 5.74) is 2.47. The second kappa shape index (κ2) is 8.34. The van der Waals surface area contributed by atoms with E-state index < -0.39 is 0 Å². The fraction of sp³-hybridized carbons (Fsp3) is 0.238. The number of aromatic nitrogens is 1. The average molecular weight is 350 g/mol. The molecular formula is C21H22N2O3. The molecule has 1 amide bonds. The zero-order chi connectivity index (χ0) is 18.4. The average Bonchev–Trinajstić information content (AvgIpc) is 2.64. The molecule has 3 aromatic rings. The molecule has 0 saturated heterocycles. The number of ether oxygens (including phenoxy) is 1. The molecule has 2 aromatic carbocycles. The Morgan fingerprint density at radius 3 is 2.73 bits per heavy atom. The van der Waals surface area contributed by atoms with Gasteiger partial charge in [-0.25, -0.2) is 0 Å². The predicted octanol–water partition coefficient (Wildman–Crippen LogP) is 2.96. The van der Waals surface area contributed by atoms with Crippen molar-refractivity contribution in [2.45, 2.75) is 19.8 Å². The first-order valence-electron chi connectivity index (χ1n) is 8.69. The van der Waals surface area contributed by atoms with Crippen LogP contribution < -0.4 is 15.6 Å². The van der Waals surface area contributed by atoms with Crippen molar-refractivity contribution in [2.75, 3.05) is 13.2 Å². The number of hydrogen-bond acceptors (Lipinski definition) is 3. The van der Waals surface area contributed by atoms with Crippen LogP contribution in [0.1, 0.15) is 17.5 Å². The third-order valence-corrected chi connectivity index (χ3v) is 4.22. The minimum absolute atomic E-state index is 0.0889. The van der Waals surface area contributed by atoms with Gasteiger partial charge in [-0.2, -0.15) is 0 Å². The Hall–Kier alpha value is -3.08. The lowest BCUT2D eigenvalue weighted by Crippen LogP contribution is -2.28. The van der Waals surface area contributed by atoms with Crippen molar-refractivity contribution in [3.63, 3.8) is 0 Å². The summed E-state index contributed by atoms with van der Waals surface area (Å²) >= 11 is 0. The van der Waals surface area contributed by atoms with Gasteiger partial charge < -0.3 is 15.0 Å². The van der Waals surface area contributed by atoms with E-state index >= 15 is 0 Å². The van der Waals surface area contributed by atoms with E-state index in [-0.39, 0.29) is 17.9 Å². The molecule has 3 rings (SSSR count). The van der Waals surface area contributed by atoms with Gasteiger partial charge in [0.2, 0.25) is 5.91 Å². The highest BCUT2D eigenvalue weighted by Gasteiger charge is 2.06. The topological polar surface area (TPSA) is 71.2 Å². The van der Waals surface area contributed by atoms with Crippen molar-refractivity contribution in [1.82, 2.24) is 10.3 Å². The Balaban J connectivity index is 1.48. The van der Waals surface area contributed by atoms with Crippen LogP contribution in [0.3, 0.4) is 0 Å². The van der Waals surface area contributed by atoms with E-state index in [4.69, 9.17) is 4.74 Å². The lowest BCUT2D eigenvalue weighted by Gasteiger charge is -2.08. The molecule has 2 N–H and O–H groups in total. The van der Waals surface area contributed by atoms with E-state index in [2.05, 4.69) is 10.3 Å². The van der Waals surface area contributed by atoms with Crippen LogP contribution in [0.25, 0.3) is 10.9 Å². The van der Waals surface area contributed by atoms with Crippen LogP contribution in [0.15, 0.2) is 59.4 Å². The van der Waals surface area contributed by atoms with E-state index in [1.165, 1.54) is 0 Å². The van der Waals surface area contributed by atoms with Crippen molar-refractivity contribution < 1.29 is 9.53 Å². The molecule has 0 saturated carbocycles. The zero-order valence-electron chi connectivity index (χ0n) is 14.7. The van der Waals surface area contributed by atoms with Crippen LogP contribution in [0, 0.1) is 6.92 Å². The summed E-state index contributed by atoms with van der Waals surface area (Å²) in [4.78, 5) is 27.0. The molecule has 26 heavy (non-hydrogen) atoms. The van der Waals surface area contributed by atoms with Crippen LogP contribution in [0.4, 0.5) is 0 Å². The molecule has 134 valence electrons. The molecule has 1 aromatic heterocycles. The molecule has 0 fully saturated rings. The summed E-state index contributed by atoms with van der Waals surface area (Å²) in [6.07, 6.45) is 0.771. The van der Waals surface area contributed by atoms with Gasteiger partial charge in [-0.15, -0.1) is 0 Å². The van der Waals surface area contributed by atoms with Crippen molar-refractivity contribution in [1.29, 1.82) is 0 Å². The third-order valence-electron chi connectivity index (χ3n) is 4.22. The van der Waals surface area contributed by atoms with Crippen LogP contribution >= 0.6 is 0 Å². The molecule has 0 unspecified atom stereocenters. The van der Waals surface area contributed by atoms with Gasteiger partial charge in [-0.1, -0.05) is 36.4 Å². The molecule has 5 heteroatoms. The van der Waals surface area contributed by atoms with E-state index in [1.54, 1.807) is 0 Å². The number of H-pyrrole nitrogens is 1. The van der Waals surface area contributed by atoms with Gasteiger partial charge in [0.1, 0.15) is 5.75 Å². The lowest BCUT2D eigenvalue weighted by molar-refractivity contribution is -0.121. The van der Waals surface area contributed by atoms with Gasteiger partial charge in [-0.3, -0.25) is 9.59 Å². The fourth-order valence-corrected chi connectivity index (χ4v) is 2.82. The van der Waals surface area contributed by atoms with Crippen molar-refractivity contribution in [3.05, 3.63) is 76.1 Å². The summed E-state index contributed by atoms with van der Waals surface area (Å²) in [5, 5.41) is 3.83. The minimum atomic E-state index is -0.103. The second-order valence-corrected chi connectivity index (χ2v) is 6.17. The molecular weight excluding hydrogens is 328 g/mol. The summed E-state index contributed by atoms with van der Waals surface area (Å²) in [7, 11) is 0. The fourth-order valence-electron chi connectivity index (χ4n) is 2.82. The highest BCUT2D eigenvalue weighted by atomic mass is 16.5. The van der Waals surface area contributed by atoms with Gasteiger partial charge in [0.15, 0.2) is 0 Å². The third kappa shape index (κ3) is 4.51. The van der Waals surface area contributed by atoms with E-state index in [9.17, 15) is 9.59 Å². The Kier molecular flexibility index (Phi) is 5.69. The van der Waals surface area contributed by atoms with Gasteiger partial charge >= 0.3 is 0 Å². The molecule has 0 aliphatic heterocycles. The quantitative estimate of drug-likeness (QED) is 0.688. The maximum Gasteiger partial charge on any atom is 0.251 e. The number of pyridine rings is 1. The summed E-state index contributed by atoms with van der Waals surface area (Å²) in [5.74, 6) is 0.660. The highest BCUT2D eigenvalue weighted by Crippen LogP contribution is 2.15. The first-order valence-corrected chi connectivity index (χ1v) is 8.69. The number of rotatable bonds is 7. The van der Waals surface area contributed by atoms with Crippen molar-refractivity contribution in [2.24, 2.45) is 0 Å². The van der Waals surface area contributed by atoms with Gasteiger partial charge in [0, 0.05) is 12.1 Å². The molecule has 0 aliphatic carbocycles. The first kappa shape index (κ1) is 17.7. The van der Waals surface area contributed by atoms with Gasteiger partial charge in [-0.05, 0) is 42.5 Å². The second-order valence-electron chi connectivity index (χ2n) is 6.17. The van der Waals surface area contributed by atoms with E-state index in [0.29, 0.717) is 25.1 Å². The molecule has 0 spiro atoms. The number of hydrogen-bond donors (Lipinski definition) is 2. The normalized spacial score (nSPS) is 10.7. The Labute approximate surface area is 152 Å². The molecule has 0 atom stereocenters. The monoisotopic (exact) mass is 350 g/mol. The molecule has 1 heterocycles. The number of benzene rings is 2. The van der Waals surface area contributed by atoms with Crippen molar-refractivity contribution >= 4 is 16.8 Å². The number of amides is 1. The van der Waals surface area contributed by atoms with Gasteiger partial charge in [0.25, 0.3) is 5.56 Å². The molecule has 0 bridgehead atoms. The Morgan fingerprint density at radius 1 is 1.12 bits per heavy atom. The summed E-state index contributed by atoms with van der Waals surface area (Å²) in [6, 6.07) is 17.2. The molecule has 0 aliphatic rings. The van der Waals surface area contributed by atoms with Crippen LogP contribution in [0.5, 0.6) is 5.75 Å². The number of nitrogens with one attached hydrogen (secondary N) is 2. The van der Waals surface area contributed by atoms with E-state index in [0.717, 1.165) is 22.2 Å². The number of aromatic amines is 1. The predicted molar refractivity (Wildman–Crippen MR) is 103 cm³/mol. The van der Waals surface area contributed by atoms with Gasteiger partial charge in [0.05, 0.1) is 18.5 Å². The summed E-state index contributed by atoms with van der Waals surface area (Å²) in [6.45, 7) is 2.71. The highest BCUT2D eigenvalue weighted by molar-refractivity contribution is 5.82.